The number of fused-ring (bicyclic) bond motifs is 1. The third-order valence-corrected chi connectivity index (χ3v) is 4.56. The fraction of sp³-hybridized carbons (Fsp3) is 0.500. The van der Waals surface area contributed by atoms with E-state index in [0.717, 1.165) is 6.20 Å². The Morgan fingerprint density at radius 3 is 2.48 bits per heavy atom. The molecule has 114 valence electrons. The zero-order chi connectivity index (χ0) is 15.6. The molecular formula is C14H14F4N2O. The fourth-order valence-electron chi connectivity index (χ4n) is 2.98. The van der Waals surface area contributed by atoms with E-state index in [1.54, 1.807) is 26.0 Å². The highest BCUT2D eigenvalue weighted by atomic mass is 19.4. The van der Waals surface area contributed by atoms with Crippen LogP contribution in [0.3, 0.4) is 0 Å². The van der Waals surface area contributed by atoms with Gasteiger partial charge in [-0.2, -0.15) is 13.2 Å². The number of hydrogen-bond acceptors (Lipinski definition) is 2. The summed E-state index contributed by atoms with van der Waals surface area (Å²) in [5.41, 5.74) is -1.03. The minimum Gasteiger partial charge on any atom is -0.384 e. The van der Waals surface area contributed by atoms with Crippen LogP contribution in [0.5, 0.6) is 0 Å². The molecule has 0 bridgehead atoms. The third-order valence-electron chi connectivity index (χ3n) is 4.56. The molecule has 3 rings (SSSR count). The van der Waals surface area contributed by atoms with Crippen LogP contribution in [0.1, 0.15) is 25.7 Å². The van der Waals surface area contributed by atoms with Crippen LogP contribution in [0.2, 0.25) is 0 Å². The van der Waals surface area contributed by atoms with Crippen molar-refractivity contribution in [2.75, 3.05) is 0 Å². The van der Waals surface area contributed by atoms with Gasteiger partial charge < -0.3 is 5.11 Å². The lowest BCUT2D eigenvalue weighted by atomic mass is 10.1. The highest BCUT2D eigenvalue weighted by Crippen LogP contribution is 2.59. The second kappa shape index (κ2) is 4.19. The average Bonchev–Trinajstić information content (AvgIpc) is 2.79. The number of alkyl halides is 4. The van der Waals surface area contributed by atoms with Crippen molar-refractivity contribution < 1.29 is 22.7 Å². The maximum Gasteiger partial charge on any atom is 0.439 e. The van der Waals surface area contributed by atoms with E-state index < -0.39 is 18.1 Å². The van der Waals surface area contributed by atoms with Crippen molar-refractivity contribution in [1.82, 2.24) is 9.55 Å². The van der Waals surface area contributed by atoms with E-state index in [0.29, 0.717) is 15.5 Å². The molecule has 1 saturated carbocycles. The molecule has 1 aliphatic rings. The van der Waals surface area contributed by atoms with Crippen LogP contribution < -0.4 is 0 Å². The molecule has 1 N–H and O–H groups in total. The number of nitrogens with zero attached hydrogens (tertiary/aromatic N) is 2. The van der Waals surface area contributed by atoms with Crippen LogP contribution in [0.25, 0.3) is 11.0 Å². The molecule has 2 aromatic rings. The molecule has 3 atom stereocenters. The Balaban J connectivity index is 2.21. The summed E-state index contributed by atoms with van der Waals surface area (Å²) in [6, 6.07) is 3.10. The van der Waals surface area contributed by atoms with Crippen molar-refractivity contribution in [1.29, 1.82) is 0 Å². The first-order valence-corrected chi connectivity index (χ1v) is 6.58. The van der Waals surface area contributed by atoms with Crippen molar-refractivity contribution in [3.8, 4) is 0 Å². The molecule has 1 aliphatic carbocycles. The maximum absolute atomic E-state index is 13.7. The number of hydrogen-bond donors (Lipinski definition) is 1. The largest absolute Gasteiger partial charge is 0.439 e. The number of aliphatic hydroxyl groups is 1. The molecule has 0 saturated heterocycles. The average molecular weight is 302 g/mol. The predicted octanol–water partition coefficient (Wildman–Crippen LogP) is 3.54. The Bertz CT molecular complexity index is 686. The number of rotatable bonds is 2. The van der Waals surface area contributed by atoms with E-state index in [-0.39, 0.29) is 17.5 Å². The summed E-state index contributed by atoms with van der Waals surface area (Å²) < 4.78 is 52.1. The van der Waals surface area contributed by atoms with E-state index in [2.05, 4.69) is 4.98 Å². The lowest BCUT2D eigenvalue weighted by Gasteiger charge is -2.14. The van der Waals surface area contributed by atoms with E-state index in [9.17, 15) is 22.7 Å². The van der Waals surface area contributed by atoms with Crippen LogP contribution in [0, 0.1) is 11.8 Å². The Morgan fingerprint density at radius 1 is 1.33 bits per heavy atom. The molecule has 7 heteroatoms. The highest BCUT2D eigenvalue weighted by Gasteiger charge is 2.60. The molecule has 1 fully saturated rings. The third kappa shape index (κ3) is 1.87. The number of pyridine rings is 1. The highest BCUT2D eigenvalue weighted by molar-refractivity contribution is 5.82. The monoisotopic (exact) mass is 302 g/mol. The normalized spacial score (nSPS) is 30.6. The van der Waals surface area contributed by atoms with Gasteiger partial charge in [-0.25, -0.2) is 9.37 Å². The van der Waals surface area contributed by atoms with Crippen molar-refractivity contribution >= 4 is 11.0 Å². The summed E-state index contributed by atoms with van der Waals surface area (Å²) in [6.45, 7) is 3.61. The van der Waals surface area contributed by atoms with Gasteiger partial charge in [-0.1, -0.05) is 13.8 Å². The molecule has 0 spiro atoms. The van der Waals surface area contributed by atoms with E-state index in [4.69, 9.17) is 0 Å². The second-order valence-corrected chi connectivity index (χ2v) is 5.60. The molecule has 2 heterocycles. The molecule has 21 heavy (non-hydrogen) atoms. The van der Waals surface area contributed by atoms with Crippen LogP contribution >= 0.6 is 0 Å². The standard InChI is InChI=1S/C14H14F4N2O/c1-7-8(2)13(7,21)10-6-20(12(15)14(16,17)18)11-9(10)4-3-5-19-11/h3-8,12,21H,1-2H3/t7?,8?,12-,13?/m1/s1. The van der Waals surface area contributed by atoms with Gasteiger partial charge >= 0.3 is 6.18 Å². The van der Waals surface area contributed by atoms with Gasteiger partial charge in [-0.05, 0) is 24.0 Å². The summed E-state index contributed by atoms with van der Waals surface area (Å²) in [5, 5.41) is 10.9. The van der Waals surface area contributed by atoms with Crippen LogP contribution in [0.15, 0.2) is 24.5 Å². The van der Waals surface area contributed by atoms with Gasteiger partial charge in [0.25, 0.3) is 6.30 Å². The van der Waals surface area contributed by atoms with Gasteiger partial charge in [0.1, 0.15) is 5.65 Å². The topological polar surface area (TPSA) is 38.0 Å². The Labute approximate surface area is 118 Å². The first kappa shape index (κ1) is 14.3. The molecule has 2 unspecified atom stereocenters. The molecule has 0 amide bonds. The van der Waals surface area contributed by atoms with Gasteiger partial charge in [-0.3, -0.25) is 4.57 Å². The Kier molecular flexibility index (Phi) is 2.86. The summed E-state index contributed by atoms with van der Waals surface area (Å²) in [7, 11) is 0. The van der Waals surface area contributed by atoms with Crippen molar-refractivity contribution in [2.24, 2.45) is 11.8 Å². The number of halogens is 4. The molecule has 0 radical (unpaired) electrons. The van der Waals surface area contributed by atoms with E-state index in [1.807, 2.05) is 0 Å². The van der Waals surface area contributed by atoms with Gasteiger partial charge in [0.05, 0.1) is 5.60 Å². The minimum absolute atomic E-state index is 0.0966. The summed E-state index contributed by atoms with van der Waals surface area (Å²) in [4.78, 5) is 3.84. The first-order chi connectivity index (χ1) is 9.69. The van der Waals surface area contributed by atoms with Crippen molar-refractivity contribution in [3.05, 3.63) is 30.1 Å². The van der Waals surface area contributed by atoms with E-state index in [1.165, 1.54) is 6.20 Å². The van der Waals surface area contributed by atoms with E-state index >= 15 is 0 Å². The second-order valence-electron chi connectivity index (χ2n) is 5.60. The Hall–Kier alpha value is -1.63. The summed E-state index contributed by atoms with van der Waals surface area (Å²) in [5.74, 6) is -0.193. The molecular weight excluding hydrogens is 288 g/mol. The predicted molar refractivity (Wildman–Crippen MR) is 68.2 cm³/mol. The first-order valence-electron chi connectivity index (χ1n) is 6.58. The van der Waals surface area contributed by atoms with Gasteiger partial charge in [0.2, 0.25) is 0 Å². The fourth-order valence-corrected chi connectivity index (χ4v) is 2.98. The quantitative estimate of drug-likeness (QED) is 0.862. The van der Waals surface area contributed by atoms with Gasteiger partial charge in [0.15, 0.2) is 0 Å². The van der Waals surface area contributed by atoms with Crippen LogP contribution in [-0.2, 0) is 5.60 Å². The summed E-state index contributed by atoms with van der Waals surface area (Å²) >= 11 is 0. The zero-order valence-electron chi connectivity index (χ0n) is 11.4. The zero-order valence-corrected chi connectivity index (χ0v) is 11.4. The number of aromatic nitrogens is 2. The lowest BCUT2D eigenvalue weighted by molar-refractivity contribution is -0.203. The molecule has 3 nitrogen and oxygen atoms in total. The SMILES string of the molecule is CC1C(C)C1(O)c1cn([C@@H](F)C(F)(F)F)c2ncccc12. The maximum atomic E-state index is 13.7. The smallest absolute Gasteiger partial charge is 0.384 e. The molecule has 0 aliphatic heterocycles. The van der Waals surface area contributed by atoms with Crippen molar-refractivity contribution in [2.45, 2.75) is 31.9 Å². The van der Waals surface area contributed by atoms with Gasteiger partial charge in [-0.15, -0.1) is 0 Å². The Morgan fingerprint density at radius 2 is 1.95 bits per heavy atom. The molecule has 0 aromatic carbocycles. The van der Waals surface area contributed by atoms with Gasteiger partial charge in [0, 0.05) is 23.3 Å². The summed E-state index contributed by atoms with van der Waals surface area (Å²) in [6.07, 6.45) is -5.87. The molecule has 2 aromatic heterocycles. The lowest BCUT2D eigenvalue weighted by Crippen LogP contribution is -2.22. The van der Waals surface area contributed by atoms with Crippen molar-refractivity contribution in [3.63, 3.8) is 0 Å². The minimum atomic E-state index is -5.02. The van der Waals surface area contributed by atoms with Crippen LogP contribution in [0.4, 0.5) is 17.6 Å². The van der Waals surface area contributed by atoms with Crippen LogP contribution in [-0.4, -0.2) is 20.8 Å².